The molecule has 4 aromatic carbocycles. The molecule has 3 aliphatic carbocycles. The van der Waals surface area contributed by atoms with Crippen LogP contribution >= 0.6 is 0 Å². The van der Waals surface area contributed by atoms with Crippen LogP contribution in [-0.2, 0) is 10.8 Å². The largest absolute Gasteiger partial charge is 0.458 e. The van der Waals surface area contributed by atoms with E-state index in [-0.39, 0.29) is 176 Å². The standard InChI is InChI=1S/C35H3B21O/c1-34(10-7-11(36)5-6(16(41)22(47)21(46)15(5)40)17(42)30(7)57-31(10)29(54)32(34)55)35-8(18(43)26(51)28(53)33(35)56)2(3-9(35)19(44)25(50)20(45)12(3)37)4-13(38)23(48)27(52)24(49)14(4)39/h1H3. The average Bonchev–Trinajstić information content (AvgIpc) is 3.80. The minimum absolute atomic E-state index is 0.00141. The van der Waals surface area contributed by atoms with Crippen LogP contribution in [0.1, 0.15) is 34.9 Å². The first-order valence-electron chi connectivity index (χ1n) is 17.0. The van der Waals surface area contributed by atoms with E-state index < -0.39 is 10.8 Å². The Bertz CT molecular complexity index is 2960. The fourth-order valence-corrected chi connectivity index (χ4v) is 9.37. The summed E-state index contributed by atoms with van der Waals surface area (Å²) in [4.78, 5) is 0. The van der Waals surface area contributed by atoms with Crippen molar-refractivity contribution in [1.82, 2.24) is 0 Å². The molecular weight excluding hydrogens is 663 g/mol. The van der Waals surface area contributed by atoms with Crippen LogP contribution < -0.4 is 81.9 Å². The lowest BCUT2D eigenvalue weighted by molar-refractivity contribution is 0.410. The molecule has 0 aliphatic heterocycles. The van der Waals surface area contributed by atoms with Crippen LogP contribution in [0.25, 0.3) is 32.8 Å². The van der Waals surface area contributed by atoms with Crippen LogP contribution in [0, 0.1) is 0 Å². The number of allylic oxidation sites excluding steroid dienone is 6. The van der Waals surface area contributed by atoms with Crippen LogP contribution in [0.3, 0.4) is 0 Å². The second-order valence-electron chi connectivity index (χ2n) is 14.7. The Hall–Kier alpha value is -3.00. The maximum atomic E-state index is 7.33. The predicted octanol–water partition coefficient (Wildman–Crippen LogP) is -12.4. The second-order valence-corrected chi connectivity index (χ2v) is 14.7. The highest BCUT2D eigenvalue weighted by atomic mass is 16.3. The van der Waals surface area contributed by atoms with Gasteiger partial charge in [-0.1, -0.05) is 56.1 Å². The summed E-state index contributed by atoms with van der Waals surface area (Å²) < 4.78 is 6.50. The van der Waals surface area contributed by atoms with Crippen molar-refractivity contribution in [3.05, 3.63) is 60.9 Å². The van der Waals surface area contributed by atoms with E-state index in [0.717, 1.165) is 0 Å². The molecule has 0 bridgehead atoms. The van der Waals surface area contributed by atoms with Crippen molar-refractivity contribution in [3.8, 4) is 0 Å². The molecule has 0 fully saturated rings. The normalized spacial score (nSPS) is 20.3. The van der Waals surface area contributed by atoms with Gasteiger partial charge in [0.2, 0.25) is 0 Å². The Morgan fingerprint density at radius 3 is 1.32 bits per heavy atom. The zero-order valence-electron chi connectivity index (χ0n) is 30.5. The van der Waals surface area contributed by atoms with Gasteiger partial charge in [-0.15, -0.1) is 60.1 Å². The summed E-state index contributed by atoms with van der Waals surface area (Å²) in [6.07, 6.45) is 0. The SMILES string of the molecule is [B]C1=C([B])C2=C(c3c([B])c([B])c([B])c([B])c3[B])c3c([B])c([B])c([B])c([B])c3C2(C2(C)C([B])=C([B])c3oc4c([B])c5c([B])c([B])c([B])c([B])c5c([B])c4c32)C([B])=C1[B]. The Morgan fingerprint density at radius 2 is 0.789 bits per heavy atom. The molecule has 22 heteroatoms. The van der Waals surface area contributed by atoms with E-state index in [1.165, 1.54) is 0 Å². The average molecular weight is 666 g/mol. The quantitative estimate of drug-likeness (QED) is 0.171. The highest BCUT2D eigenvalue weighted by molar-refractivity contribution is 6.72. The van der Waals surface area contributed by atoms with Crippen molar-refractivity contribution in [3.63, 3.8) is 0 Å². The monoisotopic (exact) mass is 670 g/mol. The molecule has 8 rings (SSSR count). The molecule has 2 atom stereocenters. The van der Waals surface area contributed by atoms with Crippen molar-refractivity contribution in [2.45, 2.75) is 17.8 Å². The number of furan rings is 1. The molecule has 42 radical (unpaired) electrons. The van der Waals surface area contributed by atoms with Gasteiger partial charge in [0.15, 0.2) is 0 Å². The van der Waals surface area contributed by atoms with Gasteiger partial charge in [-0.05, 0) is 44.1 Å². The minimum atomic E-state index is -2.00. The number of benzene rings is 4. The van der Waals surface area contributed by atoms with Crippen molar-refractivity contribution < 1.29 is 4.42 Å². The van der Waals surface area contributed by atoms with Crippen molar-refractivity contribution in [2.75, 3.05) is 0 Å². The predicted molar refractivity (Wildman–Crippen MR) is 258 cm³/mol. The lowest BCUT2D eigenvalue weighted by atomic mass is 9.38. The topological polar surface area (TPSA) is 13.1 Å². The summed E-state index contributed by atoms with van der Waals surface area (Å²) in [5, 5.41) is 0.541. The van der Waals surface area contributed by atoms with Crippen LogP contribution in [0.2, 0.25) is 0 Å². The number of rotatable bonds is 2. The van der Waals surface area contributed by atoms with E-state index >= 15 is 0 Å². The summed E-state index contributed by atoms with van der Waals surface area (Å²) >= 11 is 0. The molecule has 3 aliphatic rings. The van der Waals surface area contributed by atoms with E-state index in [1.807, 2.05) is 0 Å². The first-order chi connectivity index (χ1) is 26.5. The molecule has 0 amide bonds. The fourth-order valence-electron chi connectivity index (χ4n) is 9.37. The maximum absolute atomic E-state index is 7.33. The van der Waals surface area contributed by atoms with Gasteiger partial charge in [-0.25, -0.2) is 0 Å². The summed E-state index contributed by atoms with van der Waals surface area (Å²) in [7, 11) is 141. The Labute approximate surface area is 360 Å². The zero-order valence-corrected chi connectivity index (χ0v) is 30.5. The molecule has 1 heterocycles. The third-order valence-electron chi connectivity index (χ3n) is 12.3. The van der Waals surface area contributed by atoms with Gasteiger partial charge in [0.1, 0.15) is 176 Å². The third-order valence-corrected chi connectivity index (χ3v) is 12.3. The highest BCUT2D eigenvalue weighted by Gasteiger charge is 2.64. The summed E-state index contributed by atoms with van der Waals surface area (Å²) in [6, 6.07) is 0. The number of fused-ring (bicyclic) bond motifs is 7. The first-order valence-corrected chi connectivity index (χ1v) is 17.0. The van der Waals surface area contributed by atoms with E-state index in [2.05, 4.69) is 0 Å². The molecule has 5 aromatic rings. The third kappa shape index (κ3) is 4.45. The van der Waals surface area contributed by atoms with Gasteiger partial charge >= 0.3 is 0 Å². The van der Waals surface area contributed by atoms with Crippen LogP contribution in [0.4, 0.5) is 0 Å². The molecule has 0 saturated heterocycles. The lowest BCUT2D eigenvalue weighted by Crippen LogP contribution is -2.58. The number of hydrogen-bond donors (Lipinski definition) is 0. The molecule has 1 nitrogen and oxygen atoms in total. The molecule has 0 spiro atoms. The lowest BCUT2D eigenvalue weighted by Gasteiger charge is -2.55. The van der Waals surface area contributed by atoms with Crippen LogP contribution in [0.5, 0.6) is 0 Å². The molecular formula is C35H3B21O. The zero-order chi connectivity index (χ0) is 42.2. The number of hydrogen-bond acceptors (Lipinski definition) is 1. The van der Waals surface area contributed by atoms with Gasteiger partial charge < -0.3 is 4.42 Å². The van der Waals surface area contributed by atoms with Gasteiger partial charge in [-0.3, -0.25) is 0 Å². The second kappa shape index (κ2) is 12.8. The molecule has 1 aromatic heterocycles. The maximum Gasteiger partial charge on any atom is 0.128 e. The molecule has 212 valence electrons. The molecule has 0 saturated carbocycles. The summed E-state index contributed by atoms with van der Waals surface area (Å²) in [5.74, 6) is 0.0305. The van der Waals surface area contributed by atoms with Gasteiger partial charge in [0, 0.05) is 21.8 Å². The molecule has 0 N–H and O–H groups in total. The first kappa shape index (κ1) is 40.8. The highest BCUT2D eigenvalue weighted by Crippen LogP contribution is 2.68. The van der Waals surface area contributed by atoms with Gasteiger partial charge in [0.05, 0.1) is 0 Å². The fraction of sp³-hybridized carbons (Fsp3) is 0.0857. The Balaban J connectivity index is 1.71. The van der Waals surface area contributed by atoms with Gasteiger partial charge in [-0.2, -0.15) is 0 Å². The summed E-state index contributed by atoms with van der Waals surface area (Å²) in [6.45, 7) is 1.69. The van der Waals surface area contributed by atoms with E-state index in [0.29, 0.717) is 0 Å². The van der Waals surface area contributed by atoms with Crippen molar-refractivity contribution in [1.29, 1.82) is 0 Å². The van der Waals surface area contributed by atoms with E-state index in [4.69, 9.17) is 169 Å². The minimum Gasteiger partial charge on any atom is -0.458 e. The molecule has 57 heavy (non-hydrogen) atoms. The van der Waals surface area contributed by atoms with Crippen LogP contribution in [0.15, 0.2) is 37.4 Å². The molecule has 2 unspecified atom stereocenters. The van der Waals surface area contributed by atoms with Gasteiger partial charge in [0.25, 0.3) is 0 Å². The van der Waals surface area contributed by atoms with Crippen molar-refractivity contribution in [2.24, 2.45) is 0 Å². The van der Waals surface area contributed by atoms with Crippen molar-refractivity contribution >= 4 is 280 Å². The van der Waals surface area contributed by atoms with E-state index in [9.17, 15) is 0 Å². The Morgan fingerprint density at radius 1 is 0.351 bits per heavy atom. The summed E-state index contributed by atoms with van der Waals surface area (Å²) in [5.41, 5.74) is -4.83. The smallest absolute Gasteiger partial charge is 0.128 e. The Kier molecular flexibility index (Phi) is 9.12. The van der Waals surface area contributed by atoms with E-state index in [1.54, 1.807) is 6.92 Å². The van der Waals surface area contributed by atoms with Crippen LogP contribution in [-0.4, -0.2) is 165 Å².